The molecule has 23 heavy (non-hydrogen) atoms. The van der Waals surface area contributed by atoms with E-state index in [0.717, 1.165) is 41.1 Å². The highest BCUT2D eigenvalue weighted by Crippen LogP contribution is 2.41. The molecule has 0 saturated heterocycles. The number of rotatable bonds is 5. The van der Waals surface area contributed by atoms with Crippen molar-refractivity contribution in [3.8, 4) is 5.75 Å². The van der Waals surface area contributed by atoms with Crippen LogP contribution >= 0.6 is 11.3 Å². The highest BCUT2D eigenvalue weighted by Gasteiger charge is 2.26. The molecule has 1 aromatic heterocycles. The second-order valence-electron chi connectivity index (χ2n) is 5.26. The number of fused-ring (bicyclic) bond motifs is 1. The largest absolute Gasteiger partial charge is 0.493 e. The van der Waals surface area contributed by atoms with E-state index in [1.165, 1.54) is 12.0 Å². The molecule has 1 heterocycles. The molecule has 1 aliphatic carbocycles. The second kappa shape index (κ2) is 6.96. The first kappa shape index (κ1) is 15.7. The van der Waals surface area contributed by atoms with Crippen molar-refractivity contribution in [2.45, 2.75) is 26.2 Å². The van der Waals surface area contributed by atoms with Gasteiger partial charge in [-0.05, 0) is 43.9 Å². The number of carbonyl (C=O) groups excluding carboxylic acids is 1. The number of nitrogens with zero attached hydrogens (tertiary/aromatic N) is 1. The quantitative estimate of drug-likeness (QED) is 0.611. The van der Waals surface area contributed by atoms with Crippen LogP contribution in [-0.4, -0.2) is 25.9 Å². The molecule has 0 radical (unpaired) electrons. The zero-order valence-corrected chi connectivity index (χ0v) is 14.1. The van der Waals surface area contributed by atoms with Gasteiger partial charge >= 0.3 is 5.97 Å². The van der Waals surface area contributed by atoms with E-state index in [9.17, 15) is 4.79 Å². The SMILES string of the molecule is CCOc1ccccc1C=Nc1sc2c(c1C(=O)OC)CCC2. The molecule has 4 nitrogen and oxygen atoms in total. The fourth-order valence-corrected chi connectivity index (χ4v) is 4.02. The van der Waals surface area contributed by atoms with Gasteiger partial charge in [0.05, 0.1) is 19.3 Å². The smallest absolute Gasteiger partial charge is 0.341 e. The van der Waals surface area contributed by atoms with Gasteiger partial charge in [0.25, 0.3) is 0 Å². The van der Waals surface area contributed by atoms with Crippen LogP contribution in [0.2, 0.25) is 0 Å². The van der Waals surface area contributed by atoms with Gasteiger partial charge in [-0.25, -0.2) is 9.79 Å². The van der Waals surface area contributed by atoms with Gasteiger partial charge in [0.2, 0.25) is 0 Å². The van der Waals surface area contributed by atoms with Crippen LogP contribution in [-0.2, 0) is 17.6 Å². The van der Waals surface area contributed by atoms with Crippen molar-refractivity contribution in [1.29, 1.82) is 0 Å². The third-order valence-corrected chi connectivity index (χ3v) is 5.03. The lowest BCUT2D eigenvalue weighted by Crippen LogP contribution is -2.03. The standard InChI is InChI=1S/C18H19NO3S/c1-3-22-14-9-5-4-7-12(14)11-19-17-16(18(20)21-2)13-8-6-10-15(13)23-17/h4-5,7,9,11H,3,6,8,10H2,1-2H3. The van der Waals surface area contributed by atoms with E-state index in [0.29, 0.717) is 12.2 Å². The number of benzene rings is 1. The zero-order valence-electron chi connectivity index (χ0n) is 13.3. The number of hydrogen-bond acceptors (Lipinski definition) is 5. The first-order valence-corrected chi connectivity index (χ1v) is 8.55. The molecule has 0 amide bonds. The lowest BCUT2D eigenvalue weighted by Gasteiger charge is -2.06. The monoisotopic (exact) mass is 329 g/mol. The van der Waals surface area contributed by atoms with Gasteiger partial charge in [-0.15, -0.1) is 11.3 Å². The second-order valence-corrected chi connectivity index (χ2v) is 6.34. The number of thiophene rings is 1. The summed E-state index contributed by atoms with van der Waals surface area (Å²) in [5.41, 5.74) is 2.65. The van der Waals surface area contributed by atoms with Gasteiger partial charge in [-0.2, -0.15) is 0 Å². The summed E-state index contributed by atoms with van der Waals surface area (Å²) in [4.78, 5) is 17.9. The minimum absolute atomic E-state index is 0.297. The van der Waals surface area contributed by atoms with Crippen molar-refractivity contribution in [1.82, 2.24) is 0 Å². The first-order valence-electron chi connectivity index (χ1n) is 7.73. The van der Waals surface area contributed by atoms with Crippen LogP contribution < -0.4 is 4.74 Å². The minimum atomic E-state index is -0.297. The Labute approximate surface area is 139 Å². The van der Waals surface area contributed by atoms with Crippen molar-refractivity contribution in [2.75, 3.05) is 13.7 Å². The number of aliphatic imine (C=N–C) groups is 1. The summed E-state index contributed by atoms with van der Waals surface area (Å²) < 4.78 is 10.6. The molecule has 120 valence electrons. The molecular formula is C18H19NO3S. The maximum atomic E-state index is 12.1. The predicted molar refractivity (Wildman–Crippen MR) is 92.5 cm³/mol. The maximum absolute atomic E-state index is 12.1. The summed E-state index contributed by atoms with van der Waals surface area (Å²) >= 11 is 1.59. The molecule has 0 atom stereocenters. The van der Waals surface area contributed by atoms with E-state index in [1.807, 2.05) is 31.2 Å². The molecule has 0 fully saturated rings. The average molecular weight is 329 g/mol. The number of methoxy groups -OCH3 is 1. The van der Waals surface area contributed by atoms with Crippen LogP contribution in [0.25, 0.3) is 0 Å². The molecule has 0 bridgehead atoms. The van der Waals surface area contributed by atoms with E-state index in [2.05, 4.69) is 4.99 Å². The van der Waals surface area contributed by atoms with Crippen LogP contribution in [0.5, 0.6) is 5.75 Å². The van der Waals surface area contributed by atoms with Crippen molar-refractivity contribution in [3.05, 3.63) is 45.8 Å². The Kier molecular flexibility index (Phi) is 4.76. The van der Waals surface area contributed by atoms with Crippen molar-refractivity contribution >= 4 is 28.5 Å². The molecule has 1 aliphatic rings. The fourth-order valence-electron chi connectivity index (χ4n) is 2.80. The number of ether oxygens (including phenoxy) is 2. The molecule has 0 saturated carbocycles. The van der Waals surface area contributed by atoms with Gasteiger partial charge in [-0.3, -0.25) is 0 Å². The molecular weight excluding hydrogens is 310 g/mol. The normalized spacial score (nSPS) is 13.3. The minimum Gasteiger partial charge on any atom is -0.493 e. The van der Waals surface area contributed by atoms with E-state index in [4.69, 9.17) is 9.47 Å². The van der Waals surface area contributed by atoms with Crippen LogP contribution in [0.1, 0.15) is 39.7 Å². The molecule has 5 heteroatoms. The number of hydrogen-bond donors (Lipinski definition) is 0. The van der Waals surface area contributed by atoms with Crippen LogP contribution in [0.3, 0.4) is 0 Å². The Morgan fingerprint density at radius 2 is 2.17 bits per heavy atom. The van der Waals surface area contributed by atoms with Gasteiger partial charge in [0.1, 0.15) is 10.8 Å². The molecule has 1 aromatic carbocycles. The molecule has 2 aromatic rings. The highest BCUT2D eigenvalue weighted by atomic mass is 32.1. The Balaban J connectivity index is 1.96. The van der Waals surface area contributed by atoms with Gasteiger partial charge < -0.3 is 9.47 Å². The molecule has 0 N–H and O–H groups in total. The van der Waals surface area contributed by atoms with E-state index >= 15 is 0 Å². The van der Waals surface area contributed by atoms with Crippen LogP contribution in [0.15, 0.2) is 29.3 Å². The Morgan fingerprint density at radius 1 is 1.35 bits per heavy atom. The van der Waals surface area contributed by atoms with Crippen molar-refractivity contribution < 1.29 is 14.3 Å². The van der Waals surface area contributed by atoms with E-state index in [1.54, 1.807) is 17.6 Å². The Bertz CT molecular complexity index is 749. The lowest BCUT2D eigenvalue weighted by molar-refractivity contribution is 0.0601. The van der Waals surface area contributed by atoms with E-state index < -0.39 is 0 Å². The Hall–Kier alpha value is -2.14. The summed E-state index contributed by atoms with van der Waals surface area (Å²) in [5.74, 6) is 0.497. The molecule has 0 spiro atoms. The third-order valence-electron chi connectivity index (χ3n) is 3.83. The molecule has 0 unspecified atom stereocenters. The average Bonchev–Trinajstić information content (AvgIpc) is 3.14. The highest BCUT2D eigenvalue weighted by molar-refractivity contribution is 7.16. The van der Waals surface area contributed by atoms with Crippen LogP contribution in [0.4, 0.5) is 5.00 Å². The van der Waals surface area contributed by atoms with Gasteiger partial charge in [-0.1, -0.05) is 12.1 Å². The number of carbonyl (C=O) groups is 1. The summed E-state index contributed by atoms with van der Waals surface area (Å²) in [6.07, 6.45) is 4.82. The summed E-state index contributed by atoms with van der Waals surface area (Å²) in [7, 11) is 1.42. The predicted octanol–water partition coefficient (Wildman–Crippen LogP) is 4.17. The topological polar surface area (TPSA) is 47.9 Å². The zero-order chi connectivity index (χ0) is 16.2. The summed E-state index contributed by atoms with van der Waals surface area (Å²) in [6, 6.07) is 7.75. The lowest BCUT2D eigenvalue weighted by atomic mass is 10.1. The number of esters is 1. The Morgan fingerprint density at radius 3 is 2.96 bits per heavy atom. The first-order chi connectivity index (χ1) is 11.2. The van der Waals surface area contributed by atoms with Gasteiger partial charge in [0.15, 0.2) is 0 Å². The van der Waals surface area contributed by atoms with Gasteiger partial charge in [0, 0.05) is 16.7 Å². The number of aryl methyl sites for hydroxylation is 1. The summed E-state index contributed by atoms with van der Waals surface area (Å²) in [5, 5.41) is 0.729. The number of para-hydroxylation sites is 1. The third kappa shape index (κ3) is 3.15. The van der Waals surface area contributed by atoms with Crippen LogP contribution in [0, 0.1) is 0 Å². The van der Waals surface area contributed by atoms with Crippen molar-refractivity contribution in [2.24, 2.45) is 4.99 Å². The fraction of sp³-hybridized carbons (Fsp3) is 0.333. The molecule has 3 rings (SSSR count). The molecule has 0 aliphatic heterocycles. The van der Waals surface area contributed by atoms with E-state index in [-0.39, 0.29) is 5.97 Å². The van der Waals surface area contributed by atoms with Crippen molar-refractivity contribution in [3.63, 3.8) is 0 Å². The summed E-state index contributed by atoms with van der Waals surface area (Å²) in [6.45, 7) is 2.55. The maximum Gasteiger partial charge on any atom is 0.341 e.